The summed E-state index contributed by atoms with van der Waals surface area (Å²) in [7, 11) is 0. The number of rotatable bonds is 7. The van der Waals surface area contributed by atoms with E-state index >= 15 is 0 Å². The molecule has 1 aliphatic heterocycles. The summed E-state index contributed by atoms with van der Waals surface area (Å²) in [5, 5.41) is 5.98. The monoisotopic (exact) mass is 479 g/mol. The van der Waals surface area contributed by atoms with Crippen LogP contribution in [0, 0.1) is 0 Å². The van der Waals surface area contributed by atoms with Gasteiger partial charge in [-0.25, -0.2) is 9.78 Å². The molecule has 2 heterocycles. The molecule has 176 valence electrons. The Hall–Kier alpha value is -3.78. The van der Waals surface area contributed by atoms with Crippen LogP contribution in [0.3, 0.4) is 0 Å². The first-order valence-electron chi connectivity index (χ1n) is 11.1. The maximum Gasteiger partial charge on any atom is 0.319 e. The van der Waals surface area contributed by atoms with Crippen molar-refractivity contribution in [3.63, 3.8) is 0 Å². The lowest BCUT2D eigenvalue weighted by atomic mass is 10.2. The summed E-state index contributed by atoms with van der Waals surface area (Å²) < 4.78 is 5.86. The molecule has 0 spiro atoms. The quantitative estimate of drug-likeness (QED) is 0.525. The zero-order chi connectivity index (χ0) is 23.8. The molecule has 9 heteroatoms. The van der Waals surface area contributed by atoms with E-state index in [0.717, 1.165) is 18.9 Å². The number of urea groups is 1. The number of hydrogen-bond donors (Lipinski definition) is 2. The molecule has 1 aliphatic rings. The Balaban J connectivity index is 1.22. The standard InChI is InChI=1S/C25H26ClN5O3/c26-19-7-1-3-9-21(19)34-22-10-4-2-8-20(22)29-25(33)28-14-12-24(32)31-17-15-30(16-18-31)23-11-5-6-13-27-23/h1-11,13H,12,14-18H2,(H2,28,29,33). The van der Waals surface area contributed by atoms with Crippen molar-refractivity contribution in [2.75, 3.05) is 42.9 Å². The second kappa shape index (κ2) is 11.4. The number of nitrogens with zero attached hydrogens (tertiary/aromatic N) is 3. The summed E-state index contributed by atoms with van der Waals surface area (Å²) in [5.41, 5.74) is 0.497. The normalized spacial score (nSPS) is 13.3. The lowest BCUT2D eigenvalue weighted by Crippen LogP contribution is -2.49. The van der Waals surface area contributed by atoms with E-state index in [1.807, 2.05) is 41.3 Å². The largest absolute Gasteiger partial charge is 0.454 e. The van der Waals surface area contributed by atoms with E-state index in [9.17, 15) is 9.59 Å². The minimum atomic E-state index is -0.414. The maximum atomic E-state index is 12.6. The van der Waals surface area contributed by atoms with Gasteiger partial charge in [0.1, 0.15) is 11.6 Å². The highest BCUT2D eigenvalue weighted by atomic mass is 35.5. The molecular formula is C25H26ClN5O3. The Morgan fingerprint density at radius 2 is 1.62 bits per heavy atom. The number of aromatic nitrogens is 1. The van der Waals surface area contributed by atoms with Gasteiger partial charge in [-0.05, 0) is 36.4 Å². The molecule has 1 fully saturated rings. The highest BCUT2D eigenvalue weighted by molar-refractivity contribution is 6.32. The van der Waals surface area contributed by atoms with Gasteiger partial charge >= 0.3 is 6.03 Å². The van der Waals surface area contributed by atoms with Gasteiger partial charge in [-0.3, -0.25) is 4.79 Å². The van der Waals surface area contributed by atoms with E-state index in [2.05, 4.69) is 20.5 Å². The number of hydrogen-bond acceptors (Lipinski definition) is 5. The Kier molecular flexibility index (Phi) is 7.83. The van der Waals surface area contributed by atoms with Crippen LogP contribution in [-0.4, -0.2) is 54.5 Å². The van der Waals surface area contributed by atoms with Crippen molar-refractivity contribution in [3.8, 4) is 11.5 Å². The van der Waals surface area contributed by atoms with Gasteiger partial charge in [-0.1, -0.05) is 41.9 Å². The summed E-state index contributed by atoms with van der Waals surface area (Å²) in [6.45, 7) is 2.97. The lowest BCUT2D eigenvalue weighted by Gasteiger charge is -2.35. The molecule has 0 saturated carbocycles. The Morgan fingerprint density at radius 3 is 2.35 bits per heavy atom. The number of carbonyl (C=O) groups excluding carboxylic acids is 2. The topological polar surface area (TPSA) is 86.8 Å². The molecule has 0 aliphatic carbocycles. The van der Waals surface area contributed by atoms with Crippen LogP contribution in [0.2, 0.25) is 5.02 Å². The molecule has 34 heavy (non-hydrogen) atoms. The van der Waals surface area contributed by atoms with E-state index in [1.54, 1.807) is 36.5 Å². The summed E-state index contributed by atoms with van der Waals surface area (Å²) >= 11 is 6.17. The van der Waals surface area contributed by atoms with Crippen LogP contribution in [0.15, 0.2) is 72.9 Å². The van der Waals surface area contributed by atoms with E-state index < -0.39 is 6.03 Å². The number of para-hydroxylation sites is 3. The number of carbonyl (C=O) groups is 2. The van der Waals surface area contributed by atoms with Crippen LogP contribution in [0.4, 0.5) is 16.3 Å². The molecule has 3 amide bonds. The van der Waals surface area contributed by atoms with E-state index in [1.165, 1.54) is 0 Å². The van der Waals surface area contributed by atoms with Crippen LogP contribution in [-0.2, 0) is 4.79 Å². The van der Waals surface area contributed by atoms with Crippen molar-refractivity contribution in [2.45, 2.75) is 6.42 Å². The van der Waals surface area contributed by atoms with Crippen molar-refractivity contribution < 1.29 is 14.3 Å². The van der Waals surface area contributed by atoms with E-state index in [-0.39, 0.29) is 18.9 Å². The zero-order valence-corrected chi connectivity index (χ0v) is 19.4. The average molecular weight is 480 g/mol. The van der Waals surface area contributed by atoms with Crippen LogP contribution in [0.5, 0.6) is 11.5 Å². The summed E-state index contributed by atoms with van der Waals surface area (Å²) in [6.07, 6.45) is 2.00. The van der Waals surface area contributed by atoms with Gasteiger partial charge in [0.2, 0.25) is 5.91 Å². The van der Waals surface area contributed by atoms with Gasteiger partial charge in [-0.2, -0.15) is 0 Å². The van der Waals surface area contributed by atoms with E-state index in [0.29, 0.717) is 35.3 Å². The van der Waals surface area contributed by atoms with Crippen LogP contribution >= 0.6 is 11.6 Å². The molecule has 3 aromatic rings. The summed E-state index contributed by atoms with van der Waals surface area (Å²) in [6, 6.07) is 19.6. The number of pyridine rings is 1. The first-order valence-corrected chi connectivity index (χ1v) is 11.5. The molecular weight excluding hydrogens is 454 g/mol. The molecule has 1 aromatic heterocycles. The van der Waals surface area contributed by atoms with Gasteiger partial charge in [0.15, 0.2) is 5.75 Å². The van der Waals surface area contributed by atoms with Crippen LogP contribution < -0.4 is 20.3 Å². The molecule has 0 radical (unpaired) electrons. The predicted octanol–water partition coefficient (Wildman–Crippen LogP) is 4.39. The van der Waals surface area contributed by atoms with E-state index in [4.69, 9.17) is 16.3 Å². The molecule has 1 saturated heterocycles. The SMILES string of the molecule is O=C(NCCC(=O)N1CCN(c2ccccn2)CC1)Nc1ccccc1Oc1ccccc1Cl. The third-order valence-electron chi connectivity index (χ3n) is 5.42. The Labute approximate surface area is 203 Å². The number of benzene rings is 2. The van der Waals surface area contributed by atoms with Crippen molar-refractivity contribution in [1.82, 2.24) is 15.2 Å². The molecule has 4 rings (SSSR count). The molecule has 0 bridgehead atoms. The first kappa shape index (κ1) is 23.4. The van der Waals surface area contributed by atoms with Gasteiger partial charge in [0, 0.05) is 45.3 Å². The van der Waals surface area contributed by atoms with Crippen molar-refractivity contribution in [2.24, 2.45) is 0 Å². The fraction of sp³-hybridized carbons (Fsp3) is 0.240. The number of ether oxygens (including phenoxy) is 1. The second-order valence-electron chi connectivity index (χ2n) is 7.72. The fourth-order valence-corrected chi connectivity index (χ4v) is 3.81. The number of halogens is 1. The number of amides is 3. The minimum Gasteiger partial charge on any atom is -0.454 e. The summed E-state index contributed by atoms with van der Waals surface area (Å²) in [5.74, 6) is 1.90. The van der Waals surface area contributed by atoms with Crippen molar-refractivity contribution in [1.29, 1.82) is 0 Å². The van der Waals surface area contributed by atoms with Gasteiger partial charge in [0.05, 0.1) is 10.7 Å². The highest BCUT2D eigenvalue weighted by Gasteiger charge is 2.21. The van der Waals surface area contributed by atoms with Crippen LogP contribution in [0.25, 0.3) is 0 Å². The third-order valence-corrected chi connectivity index (χ3v) is 5.73. The smallest absolute Gasteiger partial charge is 0.319 e. The third kappa shape index (κ3) is 6.17. The Morgan fingerprint density at radius 1 is 0.912 bits per heavy atom. The Bertz CT molecular complexity index is 1120. The molecule has 0 atom stereocenters. The predicted molar refractivity (Wildman–Crippen MR) is 133 cm³/mol. The average Bonchev–Trinajstić information content (AvgIpc) is 2.87. The number of piperazine rings is 1. The summed E-state index contributed by atoms with van der Waals surface area (Å²) in [4.78, 5) is 33.3. The first-order chi connectivity index (χ1) is 16.6. The highest BCUT2D eigenvalue weighted by Crippen LogP contribution is 2.33. The van der Waals surface area contributed by atoms with Gasteiger partial charge in [-0.15, -0.1) is 0 Å². The molecule has 2 N–H and O–H groups in total. The number of anilines is 2. The van der Waals surface area contributed by atoms with Crippen molar-refractivity contribution in [3.05, 3.63) is 77.9 Å². The molecule has 0 unspecified atom stereocenters. The lowest BCUT2D eigenvalue weighted by molar-refractivity contribution is -0.131. The van der Waals surface area contributed by atoms with Crippen LogP contribution in [0.1, 0.15) is 6.42 Å². The second-order valence-corrected chi connectivity index (χ2v) is 8.12. The fourth-order valence-electron chi connectivity index (χ4n) is 3.64. The number of nitrogens with one attached hydrogen (secondary N) is 2. The zero-order valence-electron chi connectivity index (χ0n) is 18.6. The minimum absolute atomic E-state index is 0.0171. The van der Waals surface area contributed by atoms with Crippen molar-refractivity contribution >= 4 is 35.0 Å². The molecule has 2 aromatic carbocycles. The molecule has 8 nitrogen and oxygen atoms in total. The van der Waals surface area contributed by atoms with Gasteiger partial charge < -0.3 is 25.2 Å². The van der Waals surface area contributed by atoms with Gasteiger partial charge in [0.25, 0.3) is 0 Å². The maximum absolute atomic E-state index is 12.6.